The average Bonchev–Trinajstić information content (AvgIpc) is 3.38. The zero-order valence-corrected chi connectivity index (χ0v) is 21.9. The van der Waals surface area contributed by atoms with E-state index in [2.05, 4.69) is 37.6 Å². The molecule has 0 aromatic carbocycles. The van der Waals surface area contributed by atoms with Gasteiger partial charge in [-0.3, -0.25) is 0 Å². The van der Waals surface area contributed by atoms with E-state index < -0.39 is 12.0 Å². The van der Waals surface area contributed by atoms with E-state index in [0.29, 0.717) is 18.8 Å². The molecule has 0 radical (unpaired) electrons. The molecule has 0 aliphatic carbocycles. The summed E-state index contributed by atoms with van der Waals surface area (Å²) in [6.07, 6.45) is 7.24. The highest BCUT2D eigenvalue weighted by Crippen LogP contribution is 2.25. The number of aromatic nitrogens is 3. The van der Waals surface area contributed by atoms with Gasteiger partial charge in [-0.05, 0) is 75.1 Å². The first kappa shape index (κ1) is 26.2. The Morgan fingerprint density at radius 2 is 2.17 bits per heavy atom. The normalized spacial score (nSPS) is 14.9. The minimum atomic E-state index is -0.885. The Morgan fingerprint density at radius 1 is 1.28 bits per heavy atom. The lowest BCUT2D eigenvalue weighted by Crippen LogP contribution is -2.38. The third kappa shape index (κ3) is 7.11. The Hall–Kier alpha value is -2.82. The van der Waals surface area contributed by atoms with E-state index in [-0.39, 0.29) is 6.10 Å². The summed E-state index contributed by atoms with van der Waals surface area (Å²) in [5.41, 5.74) is 2.44. The number of hydrogen-bond acceptors (Lipinski definition) is 9. The number of unbranched alkanes of at least 4 members (excludes halogenated alkanes) is 1. The Morgan fingerprint density at radius 3 is 3.00 bits per heavy atom. The van der Waals surface area contributed by atoms with Crippen molar-refractivity contribution in [2.24, 2.45) is 0 Å². The van der Waals surface area contributed by atoms with Crippen molar-refractivity contribution in [3.05, 3.63) is 41.2 Å². The van der Waals surface area contributed by atoms with Gasteiger partial charge in [0.15, 0.2) is 0 Å². The molecule has 0 bridgehead atoms. The monoisotopic (exact) mass is 512 g/mol. The molecule has 9 nitrogen and oxygen atoms in total. The highest BCUT2D eigenvalue weighted by Gasteiger charge is 2.21. The Kier molecular flexibility index (Phi) is 9.43. The number of carboxylic acid groups (broad SMARTS) is 1. The standard InChI is InChI=1S/C26H36N6O3S/c1-18(35-2)16-32(13-4-3-7-20-9-8-19-6-5-12-27-23(19)30-20)14-10-22(26(33)34)31-24-21-11-15-36-25(21)29-17-28-24/h8-9,11,15,17-18,22H,3-7,10,12-14,16H2,1-2H3,(H,27,30)(H,33,34)(H,28,29,31)/t18-,22?/m1/s1. The van der Waals surface area contributed by atoms with Crippen molar-refractivity contribution in [1.82, 2.24) is 19.9 Å². The molecule has 0 saturated heterocycles. The molecule has 4 rings (SSSR count). The number of hydrogen-bond donors (Lipinski definition) is 3. The number of methoxy groups -OCH3 is 1. The molecular formula is C26H36N6O3S. The van der Waals surface area contributed by atoms with Crippen LogP contribution in [0.5, 0.6) is 0 Å². The number of pyridine rings is 1. The second kappa shape index (κ2) is 12.9. The minimum absolute atomic E-state index is 0.0712. The molecule has 10 heteroatoms. The van der Waals surface area contributed by atoms with E-state index in [1.165, 1.54) is 29.6 Å². The number of nitrogens with zero attached hydrogens (tertiary/aromatic N) is 4. The summed E-state index contributed by atoms with van der Waals surface area (Å²) in [6.45, 7) is 5.32. The first-order valence-electron chi connectivity index (χ1n) is 12.7. The average molecular weight is 513 g/mol. The molecule has 1 unspecified atom stereocenters. The van der Waals surface area contributed by atoms with Crippen LogP contribution in [-0.2, 0) is 22.4 Å². The number of fused-ring (bicyclic) bond motifs is 2. The zero-order chi connectivity index (χ0) is 25.3. The maximum absolute atomic E-state index is 12.0. The van der Waals surface area contributed by atoms with Crippen molar-refractivity contribution in [3.8, 4) is 0 Å². The number of aryl methyl sites for hydroxylation is 2. The SMILES string of the molecule is CO[C@H](C)CN(CCCCc1ccc2c(n1)NCCC2)CCC(Nc1ncnc2sccc12)C(=O)O. The van der Waals surface area contributed by atoms with Crippen molar-refractivity contribution in [1.29, 1.82) is 0 Å². The van der Waals surface area contributed by atoms with Crippen LogP contribution in [0.1, 0.15) is 43.9 Å². The molecule has 0 saturated carbocycles. The lowest BCUT2D eigenvalue weighted by Gasteiger charge is -2.27. The van der Waals surface area contributed by atoms with Crippen molar-refractivity contribution < 1.29 is 14.6 Å². The lowest BCUT2D eigenvalue weighted by atomic mass is 10.1. The number of rotatable bonds is 14. The Labute approximate surface area is 216 Å². The van der Waals surface area contributed by atoms with Crippen LogP contribution >= 0.6 is 11.3 Å². The largest absolute Gasteiger partial charge is 0.480 e. The molecule has 194 valence electrons. The van der Waals surface area contributed by atoms with Crippen LogP contribution in [-0.4, -0.2) is 76.4 Å². The van der Waals surface area contributed by atoms with Crippen LogP contribution in [0.15, 0.2) is 29.9 Å². The van der Waals surface area contributed by atoms with E-state index in [1.807, 2.05) is 18.4 Å². The lowest BCUT2D eigenvalue weighted by molar-refractivity contribution is -0.138. The molecular weight excluding hydrogens is 476 g/mol. The maximum atomic E-state index is 12.0. The predicted octanol–water partition coefficient (Wildman–Crippen LogP) is 4.06. The smallest absolute Gasteiger partial charge is 0.326 e. The minimum Gasteiger partial charge on any atom is -0.480 e. The fourth-order valence-corrected chi connectivity index (χ4v) is 5.25. The van der Waals surface area contributed by atoms with Gasteiger partial charge in [0.1, 0.15) is 28.8 Å². The quantitative estimate of drug-likeness (QED) is 0.275. The Balaban J connectivity index is 1.30. The molecule has 1 aliphatic heterocycles. The second-order valence-electron chi connectivity index (χ2n) is 9.33. The second-order valence-corrected chi connectivity index (χ2v) is 10.2. The van der Waals surface area contributed by atoms with Crippen molar-refractivity contribution in [3.63, 3.8) is 0 Å². The molecule has 36 heavy (non-hydrogen) atoms. The van der Waals surface area contributed by atoms with E-state index >= 15 is 0 Å². The van der Waals surface area contributed by atoms with Gasteiger partial charge in [0.25, 0.3) is 0 Å². The zero-order valence-electron chi connectivity index (χ0n) is 21.1. The topological polar surface area (TPSA) is 113 Å². The first-order chi connectivity index (χ1) is 17.5. The van der Waals surface area contributed by atoms with Gasteiger partial charge in [-0.1, -0.05) is 6.07 Å². The maximum Gasteiger partial charge on any atom is 0.326 e. The van der Waals surface area contributed by atoms with Gasteiger partial charge in [0.2, 0.25) is 0 Å². The van der Waals surface area contributed by atoms with E-state index in [0.717, 1.165) is 67.0 Å². The fourth-order valence-electron chi connectivity index (χ4n) is 4.52. The van der Waals surface area contributed by atoms with Crippen molar-refractivity contribution in [2.75, 3.05) is 43.9 Å². The van der Waals surface area contributed by atoms with Crippen LogP contribution in [0.2, 0.25) is 0 Å². The highest BCUT2D eigenvalue weighted by atomic mass is 32.1. The third-order valence-corrected chi connectivity index (χ3v) is 7.45. The molecule has 3 aromatic rings. The van der Waals surface area contributed by atoms with Gasteiger partial charge in [0, 0.05) is 32.4 Å². The summed E-state index contributed by atoms with van der Waals surface area (Å²) in [5.74, 6) is 0.728. The van der Waals surface area contributed by atoms with Crippen LogP contribution in [0, 0.1) is 0 Å². The molecule has 1 aliphatic rings. The molecule has 2 atom stereocenters. The van der Waals surface area contributed by atoms with Gasteiger partial charge in [-0.2, -0.15) is 0 Å². The number of thiophene rings is 1. The van der Waals surface area contributed by atoms with Crippen LogP contribution in [0.4, 0.5) is 11.6 Å². The summed E-state index contributed by atoms with van der Waals surface area (Å²) >= 11 is 1.51. The predicted molar refractivity (Wildman–Crippen MR) is 144 cm³/mol. The molecule has 0 amide bonds. The van der Waals surface area contributed by atoms with Crippen molar-refractivity contribution in [2.45, 2.75) is 57.6 Å². The summed E-state index contributed by atoms with van der Waals surface area (Å²) in [6, 6.07) is 5.53. The number of ether oxygens (including phenoxy) is 1. The van der Waals surface area contributed by atoms with E-state index in [1.54, 1.807) is 7.11 Å². The summed E-state index contributed by atoms with van der Waals surface area (Å²) in [4.78, 5) is 28.5. The number of carbonyl (C=O) groups is 1. The molecule has 3 N–H and O–H groups in total. The molecule has 0 spiro atoms. The fraction of sp³-hybridized carbons (Fsp3) is 0.538. The van der Waals surface area contributed by atoms with Crippen LogP contribution in [0.25, 0.3) is 10.2 Å². The van der Waals surface area contributed by atoms with Gasteiger partial charge >= 0.3 is 5.97 Å². The highest BCUT2D eigenvalue weighted by molar-refractivity contribution is 7.16. The van der Waals surface area contributed by atoms with Gasteiger partial charge in [-0.15, -0.1) is 11.3 Å². The number of nitrogens with one attached hydrogen (secondary N) is 2. The molecule has 0 fully saturated rings. The summed E-state index contributed by atoms with van der Waals surface area (Å²) in [7, 11) is 1.71. The van der Waals surface area contributed by atoms with E-state index in [9.17, 15) is 9.90 Å². The Bertz CT molecular complexity index is 1140. The third-order valence-electron chi connectivity index (χ3n) is 6.63. The first-order valence-corrected chi connectivity index (χ1v) is 13.6. The number of aliphatic carboxylic acids is 1. The van der Waals surface area contributed by atoms with Gasteiger partial charge < -0.3 is 25.4 Å². The van der Waals surface area contributed by atoms with Crippen LogP contribution < -0.4 is 10.6 Å². The van der Waals surface area contributed by atoms with Gasteiger partial charge in [-0.25, -0.2) is 19.7 Å². The number of anilines is 2. The van der Waals surface area contributed by atoms with Crippen LogP contribution in [0.3, 0.4) is 0 Å². The number of carboxylic acids is 1. The summed E-state index contributed by atoms with van der Waals surface area (Å²) in [5, 5.41) is 19.2. The van der Waals surface area contributed by atoms with E-state index in [4.69, 9.17) is 9.72 Å². The van der Waals surface area contributed by atoms with Crippen molar-refractivity contribution >= 4 is 39.2 Å². The summed E-state index contributed by atoms with van der Waals surface area (Å²) < 4.78 is 5.49. The molecule has 4 heterocycles. The van der Waals surface area contributed by atoms with Gasteiger partial charge in [0.05, 0.1) is 11.5 Å². The molecule has 3 aromatic heterocycles.